The minimum Gasteiger partial charge on any atom is -0.423 e. The maximum Gasteiger partial charge on any atom is 0.255 e. The predicted octanol–water partition coefficient (Wildman–Crippen LogP) is 3.20. The summed E-state index contributed by atoms with van der Waals surface area (Å²) in [6, 6.07) is 10.8. The molecule has 0 saturated carbocycles. The molecule has 3 heterocycles. The number of fused-ring (bicyclic) bond motifs is 1. The first-order valence-electron chi connectivity index (χ1n) is 9.81. The number of H-pyrrole nitrogens is 1. The second kappa shape index (κ2) is 7.66. The molecule has 1 aliphatic rings. The number of aryl methyl sites for hydroxylation is 1. The van der Waals surface area contributed by atoms with Crippen molar-refractivity contribution in [3.8, 4) is 0 Å². The van der Waals surface area contributed by atoms with Crippen LogP contribution >= 0.6 is 0 Å². The quantitative estimate of drug-likeness (QED) is 0.736. The van der Waals surface area contributed by atoms with Crippen molar-refractivity contribution in [2.45, 2.75) is 46.2 Å². The standard InChI is InChI=1S/C22H24N4O3/c1-13(2)8-18-9-17(11-20(27)23-18)22(28)26-12-16-7-5-4-6-15(16)10-19(26)21-25-24-14(3)29-21/h4-7,9,11,13,19H,8,10,12H2,1-3H3,(H,23,27)/t19-/m1/s1. The number of aromatic amines is 1. The minimum absolute atomic E-state index is 0.212. The fraction of sp³-hybridized carbons (Fsp3) is 0.364. The second-order valence-corrected chi connectivity index (χ2v) is 7.94. The van der Waals surface area contributed by atoms with Crippen molar-refractivity contribution in [1.29, 1.82) is 0 Å². The zero-order valence-corrected chi connectivity index (χ0v) is 16.8. The maximum absolute atomic E-state index is 13.5. The average Bonchev–Trinajstić information content (AvgIpc) is 3.11. The Balaban J connectivity index is 1.73. The second-order valence-electron chi connectivity index (χ2n) is 7.94. The highest BCUT2D eigenvalue weighted by molar-refractivity contribution is 5.94. The van der Waals surface area contributed by atoms with E-state index in [2.05, 4.69) is 35.1 Å². The number of pyridine rings is 1. The molecular weight excluding hydrogens is 368 g/mol. The van der Waals surface area contributed by atoms with Crippen LogP contribution in [-0.2, 0) is 19.4 Å². The van der Waals surface area contributed by atoms with Crippen LogP contribution in [0.3, 0.4) is 0 Å². The Morgan fingerprint density at radius 2 is 2.00 bits per heavy atom. The van der Waals surface area contributed by atoms with Crippen LogP contribution < -0.4 is 5.56 Å². The molecule has 2 aromatic heterocycles. The largest absolute Gasteiger partial charge is 0.423 e. The molecule has 7 nitrogen and oxygen atoms in total. The van der Waals surface area contributed by atoms with E-state index in [0.29, 0.717) is 42.6 Å². The highest BCUT2D eigenvalue weighted by Crippen LogP contribution is 2.33. The summed E-state index contributed by atoms with van der Waals surface area (Å²) in [7, 11) is 0. The molecule has 7 heteroatoms. The van der Waals surface area contributed by atoms with Crippen LogP contribution in [0, 0.1) is 12.8 Å². The van der Waals surface area contributed by atoms with Gasteiger partial charge in [-0.05, 0) is 29.5 Å². The molecule has 29 heavy (non-hydrogen) atoms. The smallest absolute Gasteiger partial charge is 0.255 e. The number of nitrogens with zero attached hydrogens (tertiary/aromatic N) is 3. The highest BCUT2D eigenvalue weighted by atomic mass is 16.4. The number of hydrogen-bond donors (Lipinski definition) is 1. The Labute approximate surface area is 168 Å². The molecule has 0 fully saturated rings. The van der Waals surface area contributed by atoms with Gasteiger partial charge in [-0.2, -0.15) is 0 Å². The maximum atomic E-state index is 13.5. The van der Waals surface area contributed by atoms with Crippen LogP contribution in [0.1, 0.15) is 58.8 Å². The molecule has 1 atom stereocenters. The van der Waals surface area contributed by atoms with Crippen molar-refractivity contribution in [2.24, 2.45) is 5.92 Å². The molecule has 0 spiro atoms. The molecule has 1 amide bonds. The van der Waals surface area contributed by atoms with Gasteiger partial charge >= 0.3 is 0 Å². The molecule has 1 N–H and O–H groups in total. The third-order valence-electron chi connectivity index (χ3n) is 5.11. The molecule has 0 unspecified atom stereocenters. The Morgan fingerprint density at radius 1 is 1.24 bits per heavy atom. The lowest BCUT2D eigenvalue weighted by atomic mass is 9.93. The number of carbonyl (C=O) groups is 1. The normalized spacial score (nSPS) is 16.1. The lowest BCUT2D eigenvalue weighted by Crippen LogP contribution is -2.39. The van der Waals surface area contributed by atoms with E-state index in [4.69, 9.17) is 4.42 Å². The molecule has 4 rings (SSSR count). The van der Waals surface area contributed by atoms with Crippen molar-refractivity contribution < 1.29 is 9.21 Å². The van der Waals surface area contributed by atoms with E-state index in [0.717, 1.165) is 16.8 Å². The van der Waals surface area contributed by atoms with Gasteiger partial charge in [0.15, 0.2) is 0 Å². The van der Waals surface area contributed by atoms with E-state index in [1.54, 1.807) is 17.9 Å². The summed E-state index contributed by atoms with van der Waals surface area (Å²) in [5.74, 6) is 1.03. The minimum atomic E-state index is -0.369. The zero-order valence-electron chi connectivity index (χ0n) is 16.8. The first-order chi connectivity index (χ1) is 13.9. The highest BCUT2D eigenvalue weighted by Gasteiger charge is 2.35. The van der Waals surface area contributed by atoms with Crippen molar-refractivity contribution in [2.75, 3.05) is 0 Å². The number of carbonyl (C=O) groups excluding carboxylic acids is 1. The van der Waals surface area contributed by atoms with Crippen molar-refractivity contribution in [3.63, 3.8) is 0 Å². The van der Waals surface area contributed by atoms with Gasteiger partial charge < -0.3 is 14.3 Å². The van der Waals surface area contributed by atoms with Gasteiger partial charge in [0.25, 0.3) is 5.91 Å². The van der Waals surface area contributed by atoms with Gasteiger partial charge in [0.05, 0.1) is 0 Å². The first-order valence-corrected chi connectivity index (χ1v) is 9.81. The third kappa shape index (κ3) is 3.99. The van der Waals surface area contributed by atoms with Gasteiger partial charge in [-0.15, -0.1) is 10.2 Å². The summed E-state index contributed by atoms with van der Waals surface area (Å²) in [6.45, 7) is 6.30. The Hall–Kier alpha value is -3.22. The van der Waals surface area contributed by atoms with E-state index in [9.17, 15) is 9.59 Å². The monoisotopic (exact) mass is 392 g/mol. The number of nitrogens with one attached hydrogen (secondary N) is 1. The molecule has 0 bridgehead atoms. The first kappa shape index (κ1) is 19.1. The van der Waals surface area contributed by atoms with E-state index in [-0.39, 0.29) is 17.5 Å². The van der Waals surface area contributed by atoms with Crippen LogP contribution in [0.2, 0.25) is 0 Å². The Bertz CT molecular complexity index is 1100. The van der Waals surface area contributed by atoms with Crippen molar-refractivity contribution in [3.05, 3.63) is 80.9 Å². The summed E-state index contributed by atoms with van der Waals surface area (Å²) in [4.78, 5) is 30.2. The third-order valence-corrected chi connectivity index (χ3v) is 5.11. The number of rotatable bonds is 4. The predicted molar refractivity (Wildman–Crippen MR) is 107 cm³/mol. The van der Waals surface area contributed by atoms with Crippen molar-refractivity contribution in [1.82, 2.24) is 20.1 Å². The van der Waals surface area contributed by atoms with E-state index in [1.165, 1.54) is 6.07 Å². The van der Waals surface area contributed by atoms with E-state index >= 15 is 0 Å². The van der Waals surface area contributed by atoms with Crippen LogP contribution in [-0.4, -0.2) is 26.0 Å². The molecular formula is C22H24N4O3. The lowest BCUT2D eigenvalue weighted by molar-refractivity contribution is 0.0602. The summed E-state index contributed by atoms with van der Waals surface area (Å²) in [5.41, 5.74) is 3.11. The molecule has 1 aromatic carbocycles. The van der Waals surface area contributed by atoms with Crippen LogP contribution in [0.5, 0.6) is 0 Å². The summed E-state index contributed by atoms with van der Waals surface area (Å²) < 4.78 is 5.67. The van der Waals surface area contributed by atoms with E-state index in [1.807, 2.05) is 18.2 Å². The average molecular weight is 392 g/mol. The van der Waals surface area contributed by atoms with E-state index < -0.39 is 0 Å². The zero-order chi connectivity index (χ0) is 20.5. The summed E-state index contributed by atoms with van der Waals surface area (Å²) in [5, 5.41) is 8.10. The number of benzene rings is 1. The van der Waals surface area contributed by atoms with Gasteiger partial charge in [-0.3, -0.25) is 9.59 Å². The van der Waals surface area contributed by atoms with Crippen LogP contribution in [0.25, 0.3) is 0 Å². The van der Waals surface area contributed by atoms with Crippen LogP contribution in [0.15, 0.2) is 45.6 Å². The van der Waals surface area contributed by atoms with Gasteiger partial charge in [0.2, 0.25) is 17.3 Å². The number of hydrogen-bond acceptors (Lipinski definition) is 5. The molecule has 0 aliphatic carbocycles. The van der Waals surface area contributed by atoms with Gasteiger partial charge in [0.1, 0.15) is 6.04 Å². The van der Waals surface area contributed by atoms with Gasteiger partial charge in [-0.1, -0.05) is 38.1 Å². The number of aromatic nitrogens is 3. The SMILES string of the molecule is Cc1nnc([C@H]2Cc3ccccc3CN2C(=O)c2cc(CC(C)C)[nH]c(=O)c2)o1. The molecule has 1 aliphatic heterocycles. The fourth-order valence-corrected chi connectivity index (χ4v) is 3.84. The Kier molecular flexibility index (Phi) is 5.05. The Morgan fingerprint density at radius 3 is 2.69 bits per heavy atom. The van der Waals surface area contributed by atoms with Crippen LogP contribution in [0.4, 0.5) is 0 Å². The van der Waals surface area contributed by atoms with Crippen molar-refractivity contribution >= 4 is 5.91 Å². The molecule has 150 valence electrons. The lowest BCUT2D eigenvalue weighted by Gasteiger charge is -2.35. The van der Waals surface area contributed by atoms with Gasteiger partial charge in [0, 0.05) is 37.2 Å². The summed E-state index contributed by atoms with van der Waals surface area (Å²) >= 11 is 0. The molecule has 0 radical (unpaired) electrons. The summed E-state index contributed by atoms with van der Waals surface area (Å²) in [6.07, 6.45) is 1.29. The fourth-order valence-electron chi connectivity index (χ4n) is 3.84. The molecule has 0 saturated heterocycles. The molecule has 3 aromatic rings. The topological polar surface area (TPSA) is 92.1 Å². The number of amides is 1. The van der Waals surface area contributed by atoms with Gasteiger partial charge in [-0.25, -0.2) is 0 Å².